The number of nitrogens with zero attached hydrogens (tertiary/aromatic N) is 1. The number of carboxylic acids is 1. The van der Waals surface area contributed by atoms with Gasteiger partial charge < -0.3 is 10.0 Å². The minimum absolute atomic E-state index is 0.194. The summed E-state index contributed by atoms with van der Waals surface area (Å²) in [5.74, 6) is -1.31. The highest BCUT2D eigenvalue weighted by atomic mass is 79.9. The predicted molar refractivity (Wildman–Crippen MR) is 83.9 cm³/mol. The average molecular weight is 352 g/mol. The number of carboxylic acid groups (broad SMARTS) is 1. The van der Waals surface area contributed by atoms with Gasteiger partial charge in [0, 0.05) is 15.7 Å². The third-order valence-corrected chi connectivity index (χ3v) is 3.77. The van der Waals surface area contributed by atoms with Crippen LogP contribution in [-0.4, -0.2) is 17.6 Å². The van der Waals surface area contributed by atoms with Crippen molar-refractivity contribution in [2.45, 2.75) is 13.0 Å². The Kier molecular flexibility index (Phi) is 4.96. The summed E-state index contributed by atoms with van der Waals surface area (Å²) in [6.07, 6.45) is 0. The molecular weight excluding hydrogens is 337 g/mol. The zero-order valence-electron chi connectivity index (χ0n) is 11.5. The van der Waals surface area contributed by atoms with Crippen LogP contribution in [-0.2, 0) is 4.79 Å². The van der Waals surface area contributed by atoms with E-state index < -0.39 is 12.0 Å². The average Bonchev–Trinajstić information content (AvgIpc) is 2.45. The molecular formula is C16H15BrFNO2. The van der Waals surface area contributed by atoms with Crippen molar-refractivity contribution in [3.8, 4) is 0 Å². The standard InChI is InChI=1S/C16H15BrFNO2/c1-11(14-8-7-12(17)9-15(14)18)19(10-16(20)21)13-5-3-2-4-6-13/h2-9,11H,10H2,1H3,(H,20,21). The van der Waals surface area contributed by atoms with Gasteiger partial charge in [-0.05, 0) is 31.2 Å². The highest BCUT2D eigenvalue weighted by Crippen LogP contribution is 2.29. The first-order valence-electron chi connectivity index (χ1n) is 6.47. The van der Waals surface area contributed by atoms with Crippen LogP contribution in [0, 0.1) is 5.82 Å². The van der Waals surface area contributed by atoms with Crippen LogP contribution < -0.4 is 4.90 Å². The maximum Gasteiger partial charge on any atom is 0.323 e. The summed E-state index contributed by atoms with van der Waals surface area (Å²) in [6, 6.07) is 13.6. The summed E-state index contributed by atoms with van der Waals surface area (Å²) >= 11 is 3.22. The first-order chi connectivity index (χ1) is 9.99. The van der Waals surface area contributed by atoms with E-state index in [1.54, 1.807) is 24.0 Å². The van der Waals surface area contributed by atoms with Gasteiger partial charge in [-0.1, -0.05) is 40.2 Å². The molecule has 1 unspecified atom stereocenters. The summed E-state index contributed by atoms with van der Waals surface area (Å²) in [7, 11) is 0. The third kappa shape index (κ3) is 3.82. The van der Waals surface area contributed by atoms with Crippen molar-refractivity contribution < 1.29 is 14.3 Å². The smallest absolute Gasteiger partial charge is 0.323 e. The van der Waals surface area contributed by atoms with Crippen molar-refractivity contribution in [1.82, 2.24) is 0 Å². The molecule has 0 amide bonds. The highest BCUT2D eigenvalue weighted by Gasteiger charge is 2.21. The fourth-order valence-corrected chi connectivity index (χ4v) is 2.56. The Labute approximate surface area is 131 Å². The molecule has 1 atom stereocenters. The van der Waals surface area contributed by atoms with E-state index in [0.29, 0.717) is 10.0 Å². The van der Waals surface area contributed by atoms with E-state index in [-0.39, 0.29) is 12.4 Å². The van der Waals surface area contributed by atoms with Crippen LogP contribution in [0.5, 0.6) is 0 Å². The molecule has 1 N–H and O–H groups in total. The maximum atomic E-state index is 14.1. The molecule has 3 nitrogen and oxygen atoms in total. The number of aliphatic carboxylic acids is 1. The number of carbonyl (C=O) groups is 1. The van der Waals surface area contributed by atoms with E-state index in [9.17, 15) is 9.18 Å². The van der Waals surface area contributed by atoms with Crippen LogP contribution in [0.1, 0.15) is 18.5 Å². The second-order valence-electron chi connectivity index (χ2n) is 4.70. The number of halogens is 2. The summed E-state index contributed by atoms with van der Waals surface area (Å²) in [4.78, 5) is 12.8. The number of hydrogen-bond acceptors (Lipinski definition) is 2. The molecule has 0 fully saturated rings. The Balaban J connectivity index is 2.38. The number of anilines is 1. The number of rotatable bonds is 5. The summed E-state index contributed by atoms with van der Waals surface area (Å²) < 4.78 is 14.8. The summed E-state index contributed by atoms with van der Waals surface area (Å²) in [5, 5.41) is 9.11. The Morgan fingerprint density at radius 1 is 1.29 bits per heavy atom. The Morgan fingerprint density at radius 3 is 2.52 bits per heavy atom. The van der Waals surface area contributed by atoms with E-state index in [4.69, 9.17) is 5.11 Å². The molecule has 0 saturated heterocycles. The molecule has 0 heterocycles. The first kappa shape index (κ1) is 15.5. The van der Waals surface area contributed by atoms with Crippen molar-refractivity contribution in [1.29, 1.82) is 0 Å². The molecule has 0 bridgehead atoms. The lowest BCUT2D eigenvalue weighted by atomic mass is 10.1. The lowest BCUT2D eigenvalue weighted by molar-refractivity contribution is -0.135. The van der Waals surface area contributed by atoms with Gasteiger partial charge >= 0.3 is 5.97 Å². The lowest BCUT2D eigenvalue weighted by Crippen LogP contribution is -2.32. The van der Waals surface area contributed by atoms with Crippen molar-refractivity contribution in [3.05, 3.63) is 64.4 Å². The van der Waals surface area contributed by atoms with Crippen LogP contribution in [0.4, 0.5) is 10.1 Å². The van der Waals surface area contributed by atoms with Crippen molar-refractivity contribution in [3.63, 3.8) is 0 Å². The van der Waals surface area contributed by atoms with Gasteiger partial charge in [0.1, 0.15) is 12.4 Å². The second kappa shape index (κ2) is 6.72. The number of benzene rings is 2. The lowest BCUT2D eigenvalue weighted by Gasteiger charge is -2.30. The monoisotopic (exact) mass is 351 g/mol. The van der Waals surface area contributed by atoms with Gasteiger partial charge in [0.2, 0.25) is 0 Å². The molecule has 2 aromatic carbocycles. The van der Waals surface area contributed by atoms with Crippen molar-refractivity contribution in [2.75, 3.05) is 11.4 Å². The van der Waals surface area contributed by atoms with Crippen LogP contribution in [0.15, 0.2) is 53.0 Å². The largest absolute Gasteiger partial charge is 0.480 e. The molecule has 0 aliphatic heterocycles. The van der Waals surface area contributed by atoms with E-state index in [1.807, 2.05) is 30.3 Å². The van der Waals surface area contributed by atoms with Crippen molar-refractivity contribution >= 4 is 27.6 Å². The van der Waals surface area contributed by atoms with Gasteiger partial charge in [0.05, 0.1) is 6.04 Å². The predicted octanol–water partition coefficient (Wildman–Crippen LogP) is 4.24. The number of hydrogen-bond donors (Lipinski definition) is 1. The van der Waals surface area contributed by atoms with Crippen LogP contribution in [0.3, 0.4) is 0 Å². The molecule has 21 heavy (non-hydrogen) atoms. The van der Waals surface area contributed by atoms with Crippen LogP contribution in [0.2, 0.25) is 0 Å². The van der Waals surface area contributed by atoms with Crippen molar-refractivity contribution in [2.24, 2.45) is 0 Å². The molecule has 110 valence electrons. The SMILES string of the molecule is CC(c1ccc(Br)cc1F)N(CC(=O)O)c1ccccc1. The molecule has 0 aliphatic rings. The van der Waals surface area contributed by atoms with Gasteiger partial charge in [0.25, 0.3) is 0 Å². The van der Waals surface area contributed by atoms with E-state index in [0.717, 1.165) is 5.69 Å². The Hall–Kier alpha value is -1.88. The normalized spacial score (nSPS) is 12.0. The van der Waals surface area contributed by atoms with Gasteiger partial charge in [0.15, 0.2) is 0 Å². The zero-order chi connectivity index (χ0) is 15.4. The molecule has 2 aromatic rings. The maximum absolute atomic E-state index is 14.1. The van der Waals surface area contributed by atoms with Gasteiger partial charge in [-0.25, -0.2) is 4.39 Å². The molecule has 2 rings (SSSR count). The summed E-state index contributed by atoms with van der Waals surface area (Å²) in [6.45, 7) is 1.60. The van der Waals surface area contributed by atoms with E-state index >= 15 is 0 Å². The molecule has 0 saturated carbocycles. The zero-order valence-corrected chi connectivity index (χ0v) is 13.0. The fourth-order valence-electron chi connectivity index (χ4n) is 2.23. The fraction of sp³-hybridized carbons (Fsp3) is 0.188. The van der Waals surface area contributed by atoms with E-state index in [2.05, 4.69) is 15.9 Å². The first-order valence-corrected chi connectivity index (χ1v) is 7.27. The van der Waals surface area contributed by atoms with E-state index in [1.165, 1.54) is 6.07 Å². The molecule has 0 spiro atoms. The van der Waals surface area contributed by atoms with Gasteiger partial charge in [-0.3, -0.25) is 4.79 Å². The van der Waals surface area contributed by atoms with Crippen LogP contribution >= 0.6 is 15.9 Å². The Morgan fingerprint density at radius 2 is 1.95 bits per heavy atom. The molecule has 0 aliphatic carbocycles. The van der Waals surface area contributed by atoms with Gasteiger partial charge in [-0.15, -0.1) is 0 Å². The minimum Gasteiger partial charge on any atom is -0.480 e. The Bertz CT molecular complexity index is 633. The topological polar surface area (TPSA) is 40.5 Å². The summed E-state index contributed by atoms with van der Waals surface area (Å²) in [5.41, 5.74) is 1.21. The van der Waals surface area contributed by atoms with Gasteiger partial charge in [-0.2, -0.15) is 0 Å². The third-order valence-electron chi connectivity index (χ3n) is 3.27. The minimum atomic E-state index is -0.955. The quantitative estimate of drug-likeness (QED) is 0.875. The van der Waals surface area contributed by atoms with Crippen LogP contribution in [0.25, 0.3) is 0 Å². The highest BCUT2D eigenvalue weighted by molar-refractivity contribution is 9.10. The molecule has 5 heteroatoms. The number of para-hydroxylation sites is 1. The second-order valence-corrected chi connectivity index (χ2v) is 5.61. The molecule has 0 aromatic heterocycles. The molecule has 0 radical (unpaired) electrons.